The third-order valence-electron chi connectivity index (χ3n) is 14.5. The molecule has 6 nitrogen and oxygen atoms in total. The average molecular weight is 976 g/mol. The van der Waals surface area contributed by atoms with Gasteiger partial charge < -0.3 is 14.2 Å². The maximum Gasteiger partial charge on any atom is 0.306 e. The quantitative estimate of drug-likeness (QED) is 0.0343. The summed E-state index contributed by atoms with van der Waals surface area (Å²) in [6, 6.07) is 0. The Morgan fingerprint density at radius 1 is 0.275 bits per heavy atom. The number of unbranched alkanes of at least 4 members (excludes halogenated alkanes) is 42. The lowest BCUT2D eigenvalue weighted by atomic mass is 10.0. The number of ether oxygens (including phenoxy) is 3. The van der Waals surface area contributed by atoms with Crippen molar-refractivity contribution in [1.29, 1.82) is 0 Å². The third-order valence-corrected chi connectivity index (χ3v) is 14.5. The molecule has 0 aromatic rings. The van der Waals surface area contributed by atoms with Crippen molar-refractivity contribution < 1.29 is 28.6 Å². The second kappa shape index (κ2) is 55.7. The first-order chi connectivity index (χ1) is 33.7. The van der Waals surface area contributed by atoms with Crippen LogP contribution in [0.3, 0.4) is 0 Å². The summed E-state index contributed by atoms with van der Waals surface area (Å²) in [5.74, 6) is 0.848. The molecule has 69 heavy (non-hydrogen) atoms. The van der Waals surface area contributed by atoms with Gasteiger partial charge in [0.05, 0.1) is 0 Å². The predicted molar refractivity (Wildman–Crippen MR) is 298 cm³/mol. The highest BCUT2D eigenvalue weighted by Gasteiger charge is 2.19. The van der Waals surface area contributed by atoms with Gasteiger partial charge in [-0.25, -0.2) is 0 Å². The van der Waals surface area contributed by atoms with Crippen LogP contribution in [0.1, 0.15) is 356 Å². The van der Waals surface area contributed by atoms with Crippen molar-refractivity contribution in [2.75, 3.05) is 13.2 Å². The molecule has 0 radical (unpaired) electrons. The van der Waals surface area contributed by atoms with Gasteiger partial charge in [-0.05, 0) is 31.1 Å². The van der Waals surface area contributed by atoms with E-state index in [0.29, 0.717) is 19.3 Å². The standard InChI is InChI=1S/C63H122O6/c1-6-7-8-9-10-11-12-13-14-15-16-19-22-28-33-38-43-48-53-61(64)67-56-60(57-68-62(65)54-49-44-39-34-29-25-24-27-32-37-42-47-52-59(4)5)69-63(66)55-50-45-40-35-30-23-20-17-18-21-26-31-36-41-46-51-58(2)3/h58-60H,6-57H2,1-5H3/t60-/m1/s1. The lowest BCUT2D eigenvalue weighted by Crippen LogP contribution is -2.30. The maximum absolute atomic E-state index is 12.9. The molecule has 0 aromatic carbocycles. The second-order valence-electron chi connectivity index (χ2n) is 22.6. The Kier molecular flexibility index (Phi) is 54.4. The van der Waals surface area contributed by atoms with Crippen molar-refractivity contribution in [1.82, 2.24) is 0 Å². The molecule has 410 valence electrons. The first-order valence-corrected chi connectivity index (χ1v) is 31.2. The van der Waals surface area contributed by atoms with Gasteiger partial charge in [0.25, 0.3) is 0 Å². The van der Waals surface area contributed by atoms with Crippen molar-refractivity contribution in [2.45, 2.75) is 362 Å². The first-order valence-electron chi connectivity index (χ1n) is 31.2. The Balaban J connectivity index is 4.29. The van der Waals surface area contributed by atoms with Crippen LogP contribution in [-0.4, -0.2) is 37.2 Å². The Morgan fingerprint density at radius 3 is 0.710 bits per heavy atom. The zero-order valence-electron chi connectivity index (χ0n) is 47.5. The number of hydrogen-bond donors (Lipinski definition) is 0. The van der Waals surface area contributed by atoms with Gasteiger partial charge in [-0.2, -0.15) is 0 Å². The van der Waals surface area contributed by atoms with Crippen LogP contribution < -0.4 is 0 Å². The number of esters is 3. The first kappa shape index (κ1) is 67.4. The number of carbonyl (C=O) groups excluding carboxylic acids is 3. The molecular formula is C63H122O6. The van der Waals surface area contributed by atoms with Crippen molar-refractivity contribution in [3.63, 3.8) is 0 Å². The molecule has 0 aliphatic rings. The number of rotatable bonds is 57. The zero-order chi connectivity index (χ0) is 50.4. The molecule has 0 aromatic heterocycles. The van der Waals surface area contributed by atoms with E-state index < -0.39 is 6.10 Å². The van der Waals surface area contributed by atoms with E-state index in [2.05, 4.69) is 34.6 Å². The van der Waals surface area contributed by atoms with E-state index in [1.165, 1.54) is 244 Å². The highest BCUT2D eigenvalue weighted by atomic mass is 16.6. The van der Waals surface area contributed by atoms with Gasteiger partial charge >= 0.3 is 17.9 Å². The SMILES string of the molecule is CCCCCCCCCCCCCCCCCCCCC(=O)OC[C@H](COC(=O)CCCCCCCCCCCCCCC(C)C)OC(=O)CCCCCCCCCCCCCCCCCC(C)C. The van der Waals surface area contributed by atoms with Crippen LogP contribution in [0.25, 0.3) is 0 Å². The molecule has 0 saturated carbocycles. The van der Waals surface area contributed by atoms with Gasteiger partial charge in [0.15, 0.2) is 6.10 Å². The summed E-state index contributed by atoms with van der Waals surface area (Å²) in [6.07, 6.45) is 61.0. The van der Waals surface area contributed by atoms with E-state index in [4.69, 9.17) is 14.2 Å². The molecule has 0 aliphatic carbocycles. The third kappa shape index (κ3) is 57.2. The van der Waals surface area contributed by atoms with Crippen molar-refractivity contribution in [3.05, 3.63) is 0 Å². The monoisotopic (exact) mass is 975 g/mol. The van der Waals surface area contributed by atoms with E-state index in [1.807, 2.05) is 0 Å². The molecule has 0 spiro atoms. The molecule has 0 fully saturated rings. The van der Waals surface area contributed by atoms with Crippen molar-refractivity contribution in [2.24, 2.45) is 11.8 Å². The van der Waals surface area contributed by atoms with Crippen LogP contribution >= 0.6 is 0 Å². The minimum atomic E-state index is -0.763. The van der Waals surface area contributed by atoms with Gasteiger partial charge in [0, 0.05) is 19.3 Å². The molecule has 1 atom stereocenters. The lowest BCUT2D eigenvalue weighted by Gasteiger charge is -2.18. The van der Waals surface area contributed by atoms with Crippen LogP contribution in [-0.2, 0) is 28.6 Å². The molecular weight excluding hydrogens is 853 g/mol. The van der Waals surface area contributed by atoms with E-state index in [0.717, 1.165) is 69.6 Å². The van der Waals surface area contributed by atoms with Crippen LogP contribution in [0.2, 0.25) is 0 Å². The number of hydrogen-bond acceptors (Lipinski definition) is 6. The molecule has 0 unspecified atom stereocenters. The van der Waals surface area contributed by atoms with Gasteiger partial charge in [-0.3, -0.25) is 14.4 Å². The van der Waals surface area contributed by atoms with Gasteiger partial charge in [0.2, 0.25) is 0 Å². The summed E-state index contributed by atoms with van der Waals surface area (Å²) in [4.78, 5) is 38.3. The van der Waals surface area contributed by atoms with Crippen LogP contribution in [0.4, 0.5) is 0 Å². The van der Waals surface area contributed by atoms with Crippen molar-refractivity contribution >= 4 is 17.9 Å². The molecule has 0 rings (SSSR count). The summed E-state index contributed by atoms with van der Waals surface area (Å²) < 4.78 is 16.9. The fourth-order valence-corrected chi connectivity index (χ4v) is 9.76. The topological polar surface area (TPSA) is 78.9 Å². The summed E-state index contributed by atoms with van der Waals surface area (Å²) in [6.45, 7) is 11.4. The van der Waals surface area contributed by atoms with Crippen LogP contribution in [0.5, 0.6) is 0 Å². The Hall–Kier alpha value is -1.59. The van der Waals surface area contributed by atoms with Crippen LogP contribution in [0, 0.1) is 11.8 Å². The fourth-order valence-electron chi connectivity index (χ4n) is 9.76. The average Bonchev–Trinajstić information content (AvgIpc) is 3.32. The van der Waals surface area contributed by atoms with E-state index in [9.17, 15) is 14.4 Å². The molecule has 0 bridgehead atoms. The smallest absolute Gasteiger partial charge is 0.306 e. The van der Waals surface area contributed by atoms with Gasteiger partial charge in [0.1, 0.15) is 13.2 Å². The molecule has 0 amide bonds. The van der Waals surface area contributed by atoms with Gasteiger partial charge in [-0.1, -0.05) is 317 Å². The second-order valence-corrected chi connectivity index (χ2v) is 22.6. The van der Waals surface area contributed by atoms with Crippen LogP contribution in [0.15, 0.2) is 0 Å². The van der Waals surface area contributed by atoms with E-state index >= 15 is 0 Å². The summed E-state index contributed by atoms with van der Waals surface area (Å²) >= 11 is 0. The largest absolute Gasteiger partial charge is 0.462 e. The van der Waals surface area contributed by atoms with Gasteiger partial charge in [-0.15, -0.1) is 0 Å². The lowest BCUT2D eigenvalue weighted by molar-refractivity contribution is -0.167. The zero-order valence-corrected chi connectivity index (χ0v) is 47.5. The Bertz CT molecular complexity index is 1060. The molecule has 0 aliphatic heterocycles. The maximum atomic E-state index is 12.9. The minimum absolute atomic E-state index is 0.0620. The molecule has 0 heterocycles. The summed E-state index contributed by atoms with van der Waals surface area (Å²) in [5, 5.41) is 0. The molecule has 0 N–H and O–H groups in total. The fraction of sp³-hybridized carbons (Fsp3) is 0.952. The molecule has 6 heteroatoms. The highest BCUT2D eigenvalue weighted by molar-refractivity contribution is 5.71. The van der Waals surface area contributed by atoms with E-state index in [-0.39, 0.29) is 31.1 Å². The minimum Gasteiger partial charge on any atom is -0.462 e. The Morgan fingerprint density at radius 2 is 0.478 bits per heavy atom. The van der Waals surface area contributed by atoms with E-state index in [1.54, 1.807) is 0 Å². The summed E-state index contributed by atoms with van der Waals surface area (Å²) in [7, 11) is 0. The Labute approximate surface area is 431 Å². The normalized spacial score (nSPS) is 12.0. The van der Waals surface area contributed by atoms with Crippen molar-refractivity contribution in [3.8, 4) is 0 Å². The molecule has 0 saturated heterocycles. The number of carbonyl (C=O) groups is 3. The predicted octanol–water partition coefficient (Wildman–Crippen LogP) is 20.8. The summed E-state index contributed by atoms with van der Waals surface area (Å²) in [5.41, 5.74) is 0. The highest BCUT2D eigenvalue weighted by Crippen LogP contribution is 2.19.